The predicted octanol–water partition coefficient (Wildman–Crippen LogP) is 2.75. The molecule has 2 heterocycles. The maximum Gasteiger partial charge on any atom is 0.224 e. The number of carbonyl (C=O) groups is 1. The Kier molecular flexibility index (Phi) is 5.99. The highest BCUT2D eigenvalue weighted by Gasteiger charge is 2.26. The summed E-state index contributed by atoms with van der Waals surface area (Å²) in [4.78, 5) is 14.6. The van der Waals surface area contributed by atoms with E-state index in [4.69, 9.17) is 0 Å². The lowest BCUT2D eigenvalue weighted by Gasteiger charge is -2.32. The predicted molar refractivity (Wildman–Crippen MR) is 99.5 cm³/mol. The second-order valence-electron chi connectivity index (χ2n) is 6.70. The molecule has 1 aromatic carbocycles. The number of aryl methyl sites for hydroxylation is 2. The van der Waals surface area contributed by atoms with Crippen molar-refractivity contribution in [3.05, 3.63) is 53.7 Å². The van der Waals surface area contributed by atoms with Crippen molar-refractivity contribution in [2.75, 3.05) is 24.5 Å². The molecule has 0 radical (unpaired) electrons. The first-order chi connectivity index (χ1) is 12.2. The van der Waals surface area contributed by atoms with Crippen LogP contribution in [-0.4, -0.2) is 35.7 Å². The molecule has 1 atom stereocenters. The zero-order valence-corrected chi connectivity index (χ0v) is 14.8. The van der Waals surface area contributed by atoms with Crippen LogP contribution in [-0.2, 0) is 11.2 Å². The van der Waals surface area contributed by atoms with Crippen molar-refractivity contribution >= 4 is 11.7 Å². The Morgan fingerprint density at radius 2 is 2.04 bits per heavy atom. The van der Waals surface area contributed by atoms with Crippen LogP contribution in [0.4, 0.5) is 5.82 Å². The average molecular weight is 338 g/mol. The Bertz CT molecular complexity index is 672. The fourth-order valence-corrected chi connectivity index (χ4v) is 3.25. The number of benzene rings is 1. The van der Waals surface area contributed by atoms with Gasteiger partial charge in [0.25, 0.3) is 0 Å². The van der Waals surface area contributed by atoms with Crippen molar-refractivity contribution in [3.63, 3.8) is 0 Å². The van der Waals surface area contributed by atoms with E-state index in [1.165, 1.54) is 5.56 Å². The van der Waals surface area contributed by atoms with E-state index >= 15 is 0 Å². The van der Waals surface area contributed by atoms with Gasteiger partial charge in [-0.3, -0.25) is 4.79 Å². The molecule has 1 amide bonds. The summed E-state index contributed by atoms with van der Waals surface area (Å²) in [5, 5.41) is 11.5. The number of carbonyl (C=O) groups excluding carboxylic acids is 1. The average Bonchev–Trinajstić information content (AvgIpc) is 2.66. The molecule has 1 aliphatic rings. The monoisotopic (exact) mass is 338 g/mol. The van der Waals surface area contributed by atoms with Crippen LogP contribution in [0.3, 0.4) is 0 Å². The first kappa shape index (κ1) is 17.4. The minimum absolute atomic E-state index is 0.0357. The number of hydrogen-bond acceptors (Lipinski definition) is 4. The second kappa shape index (κ2) is 8.60. The van der Waals surface area contributed by atoms with Crippen LogP contribution >= 0.6 is 0 Å². The minimum atomic E-state index is 0.0357. The van der Waals surface area contributed by atoms with E-state index in [2.05, 4.69) is 44.7 Å². The Morgan fingerprint density at radius 1 is 1.20 bits per heavy atom. The van der Waals surface area contributed by atoms with Gasteiger partial charge in [0.1, 0.15) is 0 Å². The van der Waals surface area contributed by atoms with Crippen LogP contribution in [0.5, 0.6) is 0 Å². The van der Waals surface area contributed by atoms with Gasteiger partial charge in [-0.15, -0.1) is 5.10 Å². The van der Waals surface area contributed by atoms with Crippen LogP contribution in [0.2, 0.25) is 0 Å². The van der Waals surface area contributed by atoms with Crippen molar-refractivity contribution in [2.45, 2.75) is 32.6 Å². The van der Waals surface area contributed by atoms with E-state index in [9.17, 15) is 4.79 Å². The highest BCUT2D eigenvalue weighted by molar-refractivity contribution is 5.79. The van der Waals surface area contributed by atoms with E-state index in [1.54, 1.807) is 0 Å². The summed E-state index contributed by atoms with van der Waals surface area (Å²) in [6.45, 7) is 4.32. The Morgan fingerprint density at radius 3 is 2.80 bits per heavy atom. The van der Waals surface area contributed by atoms with Crippen LogP contribution in [0.25, 0.3) is 0 Å². The summed E-state index contributed by atoms with van der Waals surface area (Å²) in [6.07, 6.45) is 3.92. The van der Waals surface area contributed by atoms with Crippen LogP contribution < -0.4 is 10.2 Å². The van der Waals surface area contributed by atoms with Crippen LogP contribution in [0.1, 0.15) is 30.5 Å². The van der Waals surface area contributed by atoms with Gasteiger partial charge in [0, 0.05) is 19.6 Å². The third-order valence-corrected chi connectivity index (χ3v) is 4.68. The number of anilines is 1. The summed E-state index contributed by atoms with van der Waals surface area (Å²) >= 11 is 0. The zero-order chi connectivity index (χ0) is 17.5. The number of aromatic nitrogens is 2. The molecule has 1 saturated heterocycles. The lowest BCUT2D eigenvalue weighted by Crippen LogP contribution is -2.43. The third-order valence-electron chi connectivity index (χ3n) is 4.68. The zero-order valence-electron chi connectivity index (χ0n) is 14.8. The molecule has 1 aromatic heterocycles. The maximum atomic E-state index is 12.5. The highest BCUT2D eigenvalue weighted by Crippen LogP contribution is 2.21. The van der Waals surface area contributed by atoms with Gasteiger partial charge in [-0.25, -0.2) is 0 Å². The third kappa shape index (κ3) is 5.02. The molecule has 1 unspecified atom stereocenters. The molecule has 5 nitrogen and oxygen atoms in total. The Balaban J connectivity index is 1.44. The van der Waals surface area contributed by atoms with Crippen molar-refractivity contribution < 1.29 is 4.79 Å². The number of piperidine rings is 1. The summed E-state index contributed by atoms with van der Waals surface area (Å²) in [5.74, 6) is 1.07. The fraction of sp³-hybridized carbons (Fsp3) is 0.450. The topological polar surface area (TPSA) is 58.1 Å². The van der Waals surface area contributed by atoms with Gasteiger partial charge in [0.05, 0.1) is 11.6 Å². The molecule has 1 N–H and O–H groups in total. The van der Waals surface area contributed by atoms with E-state index in [-0.39, 0.29) is 11.8 Å². The first-order valence-corrected chi connectivity index (χ1v) is 9.09. The number of hydrogen-bond donors (Lipinski definition) is 1. The van der Waals surface area contributed by atoms with Gasteiger partial charge in [-0.1, -0.05) is 30.3 Å². The molecule has 132 valence electrons. The standard InChI is InChI=1S/C20H26N4O/c1-16-11-12-19(23-22-16)24-14-6-10-18(15-24)20(25)21-13-5-9-17-7-3-2-4-8-17/h2-4,7-8,11-12,18H,5-6,9-10,13-15H2,1H3,(H,21,25). The quantitative estimate of drug-likeness (QED) is 0.823. The summed E-state index contributed by atoms with van der Waals surface area (Å²) in [5.41, 5.74) is 2.23. The van der Waals surface area contributed by atoms with Crippen molar-refractivity contribution in [3.8, 4) is 0 Å². The number of rotatable bonds is 6. The molecular weight excluding hydrogens is 312 g/mol. The summed E-state index contributed by atoms with van der Waals surface area (Å²) in [6, 6.07) is 14.3. The SMILES string of the molecule is Cc1ccc(N2CCCC(C(=O)NCCCc3ccccc3)C2)nn1. The molecule has 0 bridgehead atoms. The van der Waals surface area contributed by atoms with Gasteiger partial charge in [0.15, 0.2) is 5.82 Å². The Labute approximate surface area is 149 Å². The summed E-state index contributed by atoms with van der Waals surface area (Å²) < 4.78 is 0. The lowest BCUT2D eigenvalue weighted by atomic mass is 9.97. The molecule has 25 heavy (non-hydrogen) atoms. The number of nitrogens with zero attached hydrogens (tertiary/aromatic N) is 3. The van der Waals surface area contributed by atoms with E-state index in [1.807, 2.05) is 25.1 Å². The van der Waals surface area contributed by atoms with Gasteiger partial charge >= 0.3 is 0 Å². The molecule has 1 aliphatic heterocycles. The van der Waals surface area contributed by atoms with E-state index in [0.29, 0.717) is 0 Å². The number of amides is 1. The Hall–Kier alpha value is -2.43. The van der Waals surface area contributed by atoms with E-state index < -0.39 is 0 Å². The van der Waals surface area contributed by atoms with E-state index in [0.717, 1.165) is 56.8 Å². The van der Waals surface area contributed by atoms with Crippen molar-refractivity contribution in [1.82, 2.24) is 15.5 Å². The number of nitrogens with one attached hydrogen (secondary N) is 1. The van der Waals surface area contributed by atoms with Crippen molar-refractivity contribution in [1.29, 1.82) is 0 Å². The molecule has 2 aromatic rings. The molecule has 5 heteroatoms. The van der Waals surface area contributed by atoms with Crippen LogP contribution in [0, 0.1) is 12.8 Å². The van der Waals surface area contributed by atoms with Gasteiger partial charge in [0.2, 0.25) is 5.91 Å². The lowest BCUT2D eigenvalue weighted by molar-refractivity contribution is -0.125. The summed E-state index contributed by atoms with van der Waals surface area (Å²) in [7, 11) is 0. The second-order valence-corrected chi connectivity index (χ2v) is 6.70. The smallest absolute Gasteiger partial charge is 0.224 e. The highest BCUT2D eigenvalue weighted by atomic mass is 16.1. The largest absolute Gasteiger partial charge is 0.356 e. The molecule has 3 rings (SSSR count). The minimum Gasteiger partial charge on any atom is -0.356 e. The molecule has 0 spiro atoms. The first-order valence-electron chi connectivity index (χ1n) is 9.09. The molecule has 0 saturated carbocycles. The van der Waals surface area contributed by atoms with Crippen LogP contribution in [0.15, 0.2) is 42.5 Å². The normalized spacial score (nSPS) is 17.3. The van der Waals surface area contributed by atoms with Gasteiger partial charge in [-0.05, 0) is 50.3 Å². The molecule has 0 aliphatic carbocycles. The van der Waals surface area contributed by atoms with Gasteiger partial charge < -0.3 is 10.2 Å². The fourth-order valence-electron chi connectivity index (χ4n) is 3.25. The van der Waals surface area contributed by atoms with Gasteiger partial charge in [-0.2, -0.15) is 5.10 Å². The molecular formula is C20H26N4O. The molecule has 1 fully saturated rings. The maximum absolute atomic E-state index is 12.5. The van der Waals surface area contributed by atoms with Crippen molar-refractivity contribution in [2.24, 2.45) is 5.92 Å².